The molecular weight excluding hydrogens is 375 g/mol. The summed E-state index contributed by atoms with van der Waals surface area (Å²) >= 11 is 6.23. The summed E-state index contributed by atoms with van der Waals surface area (Å²) in [6.45, 7) is 1.84. The van der Waals surface area contributed by atoms with Crippen LogP contribution in [0.15, 0.2) is 36.5 Å². The second-order valence-electron chi connectivity index (χ2n) is 6.43. The molecule has 2 aromatic heterocycles. The van der Waals surface area contributed by atoms with E-state index < -0.39 is 5.91 Å². The van der Waals surface area contributed by atoms with Gasteiger partial charge in [0.15, 0.2) is 13.7 Å². The summed E-state index contributed by atoms with van der Waals surface area (Å²) in [6, 6.07) is 8.66. The lowest BCUT2D eigenvalue weighted by molar-refractivity contribution is 0.0964. The molecule has 28 heavy (non-hydrogen) atoms. The van der Waals surface area contributed by atoms with Crippen LogP contribution in [-0.2, 0) is 0 Å². The van der Waals surface area contributed by atoms with Crippen molar-refractivity contribution in [2.75, 3.05) is 12.4 Å². The zero-order chi connectivity index (χ0) is 20.4. The van der Waals surface area contributed by atoms with Crippen molar-refractivity contribution >= 4 is 55.9 Å². The van der Waals surface area contributed by atoms with E-state index in [9.17, 15) is 9.59 Å². The van der Waals surface area contributed by atoms with E-state index in [1.54, 1.807) is 45.4 Å². The minimum absolute atomic E-state index is 0.265. The third-order valence-electron chi connectivity index (χ3n) is 4.19. The average molecular weight is 393 g/mol. The Labute approximate surface area is 169 Å². The van der Waals surface area contributed by atoms with Crippen LogP contribution in [0.5, 0.6) is 0 Å². The molecule has 0 atom stereocenters. The third-order valence-corrected chi connectivity index (χ3v) is 4.49. The summed E-state index contributed by atoms with van der Waals surface area (Å²) in [6.07, 6.45) is 1.58. The van der Waals surface area contributed by atoms with Crippen molar-refractivity contribution in [3.63, 3.8) is 0 Å². The molecule has 140 valence electrons. The first kappa shape index (κ1) is 19.7. The molecule has 0 aliphatic carbocycles. The Balaban J connectivity index is 2.05. The molecule has 2 amide bonds. The number of hydrogen-bond acceptors (Lipinski definition) is 4. The van der Waals surface area contributed by atoms with E-state index in [-0.39, 0.29) is 11.6 Å². The molecule has 0 radical (unpaired) electrons. The highest BCUT2D eigenvalue weighted by molar-refractivity contribution is 6.33. The van der Waals surface area contributed by atoms with Gasteiger partial charge in [-0.25, -0.2) is 9.67 Å². The number of pyridine rings is 1. The molecule has 0 unspecified atom stereocenters. The van der Waals surface area contributed by atoms with Crippen LogP contribution in [0.25, 0.3) is 5.82 Å². The first-order valence-corrected chi connectivity index (χ1v) is 9.02. The molecule has 2 N–H and O–H groups in total. The van der Waals surface area contributed by atoms with Gasteiger partial charge in [-0.05, 0) is 30.7 Å². The van der Waals surface area contributed by atoms with Crippen molar-refractivity contribution < 1.29 is 9.59 Å². The van der Waals surface area contributed by atoms with Crippen molar-refractivity contribution in [1.29, 1.82) is 0 Å². The van der Waals surface area contributed by atoms with Crippen LogP contribution >= 0.6 is 11.6 Å². The number of anilines is 1. The summed E-state index contributed by atoms with van der Waals surface area (Å²) in [7, 11) is 5.22. The predicted octanol–water partition coefficient (Wildman–Crippen LogP) is -0.642. The molecule has 0 saturated heterocycles. The van der Waals surface area contributed by atoms with Gasteiger partial charge >= 0.3 is 0 Å². The van der Waals surface area contributed by atoms with E-state index in [1.165, 1.54) is 4.68 Å². The zero-order valence-corrected chi connectivity index (χ0v) is 16.8. The van der Waals surface area contributed by atoms with Gasteiger partial charge in [-0.1, -0.05) is 29.2 Å². The summed E-state index contributed by atoms with van der Waals surface area (Å²) in [5.41, 5.74) is 3.46. The smallest absolute Gasteiger partial charge is 0.274 e. The van der Waals surface area contributed by atoms with Gasteiger partial charge in [0.2, 0.25) is 0 Å². The molecule has 3 aromatic rings. The van der Waals surface area contributed by atoms with E-state index in [1.807, 2.05) is 20.8 Å². The molecule has 0 bridgehead atoms. The van der Waals surface area contributed by atoms with Crippen LogP contribution in [-0.4, -0.2) is 49.3 Å². The maximum absolute atomic E-state index is 13.1. The van der Waals surface area contributed by atoms with E-state index in [0.29, 0.717) is 27.7 Å². The van der Waals surface area contributed by atoms with Crippen molar-refractivity contribution in [3.8, 4) is 5.82 Å². The largest absolute Gasteiger partial charge is 0.355 e. The number of aryl methyl sites for hydroxylation is 1. The summed E-state index contributed by atoms with van der Waals surface area (Å²) in [4.78, 5) is 29.6. The number of carbonyl (C=O) groups is 2. The van der Waals surface area contributed by atoms with Crippen LogP contribution in [0.1, 0.15) is 26.4 Å². The molecular formula is C18H18B2ClN5O2. The van der Waals surface area contributed by atoms with Gasteiger partial charge in [-0.15, -0.1) is 0 Å². The molecule has 0 aliphatic rings. The van der Waals surface area contributed by atoms with Crippen LogP contribution in [0.3, 0.4) is 0 Å². The van der Waals surface area contributed by atoms with Gasteiger partial charge in [0.05, 0.1) is 16.3 Å². The average Bonchev–Trinajstić information content (AvgIpc) is 3.05. The molecule has 0 saturated carbocycles. The molecule has 0 aliphatic heterocycles. The fourth-order valence-electron chi connectivity index (χ4n) is 2.98. The molecule has 3 rings (SSSR count). The Morgan fingerprint density at radius 1 is 1.18 bits per heavy atom. The van der Waals surface area contributed by atoms with Crippen molar-refractivity contribution in [2.45, 2.75) is 6.92 Å². The fourth-order valence-corrected chi connectivity index (χ4v) is 3.18. The number of nitrogens with one attached hydrogen (secondary N) is 2. The number of benzene rings is 1. The van der Waals surface area contributed by atoms with Crippen molar-refractivity contribution in [3.05, 3.63) is 58.4 Å². The highest BCUT2D eigenvalue weighted by Crippen LogP contribution is 2.22. The molecule has 7 nitrogen and oxygen atoms in total. The van der Waals surface area contributed by atoms with E-state index >= 15 is 0 Å². The van der Waals surface area contributed by atoms with Gasteiger partial charge in [0.25, 0.3) is 11.8 Å². The number of nitrogens with zero attached hydrogens (tertiary/aromatic N) is 3. The third kappa shape index (κ3) is 3.80. The Bertz CT molecular complexity index is 1080. The number of carbonyl (C=O) groups excluding carboxylic acids is 2. The first-order valence-electron chi connectivity index (χ1n) is 8.64. The summed E-state index contributed by atoms with van der Waals surface area (Å²) in [5.74, 6) is -0.339. The van der Waals surface area contributed by atoms with Crippen LogP contribution in [0.2, 0.25) is 5.02 Å². The maximum Gasteiger partial charge on any atom is 0.274 e. The number of hydrogen-bond donors (Lipinski definition) is 2. The Morgan fingerprint density at radius 3 is 2.61 bits per heavy atom. The standard InChI is InChI=1S/C18H18B2ClN5O2/c1-9-6-10(19)7-11(17(27)22-2)15(9)24-18(28)13-8-14(20)25-26(13)16-12(21)4-3-5-23-16/h3-8H,19-20H2,1-2H3,(H,22,27)(H,24,28). The predicted molar refractivity (Wildman–Crippen MR) is 115 cm³/mol. The molecule has 2 heterocycles. The molecule has 10 heteroatoms. The summed E-state index contributed by atoms with van der Waals surface area (Å²) in [5, 5.41) is 10.2. The molecule has 0 fully saturated rings. The highest BCUT2D eigenvalue weighted by atomic mass is 35.5. The number of aromatic nitrogens is 3. The minimum Gasteiger partial charge on any atom is -0.355 e. The maximum atomic E-state index is 13.1. The van der Waals surface area contributed by atoms with Gasteiger partial charge in [0.1, 0.15) is 13.5 Å². The molecule has 0 spiro atoms. The zero-order valence-electron chi connectivity index (χ0n) is 16.0. The van der Waals surface area contributed by atoms with Crippen LogP contribution in [0.4, 0.5) is 5.69 Å². The van der Waals surface area contributed by atoms with Crippen molar-refractivity contribution in [2.24, 2.45) is 0 Å². The van der Waals surface area contributed by atoms with Gasteiger partial charge in [0, 0.05) is 18.8 Å². The normalized spacial score (nSPS) is 10.5. The topological polar surface area (TPSA) is 88.9 Å². The minimum atomic E-state index is -0.417. The second-order valence-corrected chi connectivity index (χ2v) is 6.84. The number of amides is 2. The molecule has 1 aromatic carbocycles. The van der Waals surface area contributed by atoms with Crippen LogP contribution in [0, 0.1) is 6.92 Å². The lowest BCUT2D eigenvalue weighted by atomic mass is 9.90. The lowest BCUT2D eigenvalue weighted by Crippen LogP contribution is -2.25. The second kappa shape index (κ2) is 7.90. The Morgan fingerprint density at radius 2 is 1.93 bits per heavy atom. The first-order chi connectivity index (χ1) is 13.3. The highest BCUT2D eigenvalue weighted by Gasteiger charge is 2.21. The van der Waals surface area contributed by atoms with Crippen LogP contribution < -0.4 is 21.7 Å². The van der Waals surface area contributed by atoms with Gasteiger partial charge in [-0.2, -0.15) is 5.10 Å². The lowest BCUT2D eigenvalue weighted by Gasteiger charge is -2.15. The monoisotopic (exact) mass is 393 g/mol. The number of halogens is 1. The van der Waals surface area contributed by atoms with Crippen molar-refractivity contribution in [1.82, 2.24) is 20.1 Å². The van der Waals surface area contributed by atoms with E-state index in [2.05, 4.69) is 20.7 Å². The number of rotatable bonds is 4. The fraction of sp³-hybridized carbons (Fsp3) is 0.111. The Hall–Kier alpha value is -3.06. The SMILES string of the molecule is Bc1cc(C)c(NC(=O)c2cc(B)nn2-c2ncccc2Cl)c(C(=O)NC)c1. The van der Waals surface area contributed by atoms with Gasteiger partial charge < -0.3 is 10.6 Å². The summed E-state index contributed by atoms with van der Waals surface area (Å²) < 4.78 is 1.40. The van der Waals surface area contributed by atoms with Gasteiger partial charge in [-0.3, -0.25) is 9.59 Å². The Kier molecular flexibility index (Phi) is 5.55. The van der Waals surface area contributed by atoms with E-state index in [4.69, 9.17) is 11.6 Å². The van der Waals surface area contributed by atoms with E-state index in [0.717, 1.165) is 11.0 Å². The quantitative estimate of drug-likeness (QED) is 0.577.